The Bertz CT molecular complexity index is 406. The second kappa shape index (κ2) is 7.04. The third kappa shape index (κ3) is 4.03. The molecule has 2 rings (SSSR count). The number of methoxy groups -OCH3 is 1. The van der Waals surface area contributed by atoms with Gasteiger partial charge in [0.2, 0.25) is 0 Å². The number of nitrogens with two attached hydrogens (primary N) is 1. The summed E-state index contributed by atoms with van der Waals surface area (Å²) in [7, 11) is 1.76. The van der Waals surface area contributed by atoms with Gasteiger partial charge in [0.25, 0.3) is 0 Å². The largest absolute Gasteiger partial charge is 0.382 e. The Morgan fingerprint density at radius 3 is 2.79 bits per heavy atom. The lowest BCUT2D eigenvalue weighted by Crippen LogP contribution is -2.37. The van der Waals surface area contributed by atoms with E-state index in [1.807, 2.05) is 0 Å². The van der Waals surface area contributed by atoms with Crippen molar-refractivity contribution in [2.24, 2.45) is 5.84 Å². The van der Waals surface area contributed by atoms with Crippen molar-refractivity contribution in [2.75, 3.05) is 7.11 Å². The number of nitrogens with one attached hydrogen (secondary N) is 1. The van der Waals surface area contributed by atoms with E-state index in [2.05, 4.69) is 30.5 Å². The zero-order valence-corrected chi connectivity index (χ0v) is 12.1. The highest BCUT2D eigenvalue weighted by atomic mass is 16.5. The minimum atomic E-state index is 0.302. The molecular weight excluding hydrogens is 236 g/mol. The molecule has 1 aliphatic rings. The van der Waals surface area contributed by atoms with Gasteiger partial charge in [-0.05, 0) is 62.1 Å². The lowest BCUT2D eigenvalue weighted by Gasteiger charge is -2.18. The molecule has 3 nitrogen and oxygen atoms in total. The van der Waals surface area contributed by atoms with Crippen LogP contribution in [0.25, 0.3) is 0 Å². The quantitative estimate of drug-likeness (QED) is 0.586. The van der Waals surface area contributed by atoms with Crippen LogP contribution in [-0.4, -0.2) is 19.3 Å². The van der Waals surface area contributed by atoms with E-state index < -0.39 is 0 Å². The first-order valence-electron chi connectivity index (χ1n) is 7.32. The van der Waals surface area contributed by atoms with Gasteiger partial charge in [-0.2, -0.15) is 0 Å². The number of aryl methyl sites for hydroxylation is 2. The Morgan fingerprint density at radius 2 is 2.05 bits per heavy atom. The van der Waals surface area contributed by atoms with Gasteiger partial charge in [-0.1, -0.05) is 18.2 Å². The molecule has 0 saturated heterocycles. The van der Waals surface area contributed by atoms with Crippen molar-refractivity contribution in [1.29, 1.82) is 0 Å². The first kappa shape index (κ1) is 14.5. The van der Waals surface area contributed by atoms with Crippen molar-refractivity contribution in [3.63, 3.8) is 0 Å². The van der Waals surface area contributed by atoms with Crippen LogP contribution in [-0.2, 0) is 24.0 Å². The minimum absolute atomic E-state index is 0.302. The first-order valence-corrected chi connectivity index (χ1v) is 7.32. The van der Waals surface area contributed by atoms with Crippen molar-refractivity contribution in [3.8, 4) is 0 Å². The van der Waals surface area contributed by atoms with E-state index in [1.165, 1.54) is 30.4 Å². The lowest BCUT2D eigenvalue weighted by molar-refractivity contribution is 0.106. The van der Waals surface area contributed by atoms with Gasteiger partial charge < -0.3 is 4.74 Å². The van der Waals surface area contributed by atoms with E-state index in [9.17, 15) is 0 Å². The monoisotopic (exact) mass is 262 g/mol. The molecule has 19 heavy (non-hydrogen) atoms. The molecule has 2 atom stereocenters. The highest BCUT2D eigenvalue weighted by Crippen LogP contribution is 2.23. The summed E-state index contributed by atoms with van der Waals surface area (Å²) in [6.07, 6.45) is 7.18. The molecule has 2 unspecified atom stereocenters. The fraction of sp³-hybridized carbons (Fsp3) is 0.625. The number of fused-ring (bicyclic) bond motifs is 1. The van der Waals surface area contributed by atoms with Gasteiger partial charge >= 0.3 is 0 Å². The number of ether oxygens (including phenoxy) is 1. The molecule has 0 bridgehead atoms. The van der Waals surface area contributed by atoms with Crippen molar-refractivity contribution in [1.82, 2.24) is 5.43 Å². The molecule has 106 valence electrons. The highest BCUT2D eigenvalue weighted by Gasteiger charge is 2.14. The molecule has 0 amide bonds. The SMILES string of the molecule is COC(C)CCC(Cc1ccc2c(c1)CCC2)NN. The minimum Gasteiger partial charge on any atom is -0.382 e. The lowest BCUT2D eigenvalue weighted by atomic mass is 9.98. The summed E-state index contributed by atoms with van der Waals surface area (Å²) in [6.45, 7) is 2.10. The van der Waals surface area contributed by atoms with Gasteiger partial charge in [-0.15, -0.1) is 0 Å². The smallest absolute Gasteiger partial charge is 0.0543 e. The molecule has 3 N–H and O–H groups in total. The molecule has 0 fully saturated rings. The molecule has 0 heterocycles. The molecular formula is C16H26N2O. The van der Waals surface area contributed by atoms with Crippen LogP contribution in [0, 0.1) is 0 Å². The maximum atomic E-state index is 5.67. The Hall–Kier alpha value is -0.900. The summed E-state index contributed by atoms with van der Waals surface area (Å²) in [5, 5.41) is 0. The Balaban J connectivity index is 1.90. The molecule has 0 aromatic heterocycles. The summed E-state index contributed by atoms with van der Waals surface area (Å²) in [5.41, 5.74) is 7.42. The fourth-order valence-corrected chi connectivity index (χ4v) is 2.83. The predicted molar refractivity (Wildman–Crippen MR) is 79.0 cm³/mol. The molecule has 0 saturated carbocycles. The average Bonchev–Trinajstić information content (AvgIpc) is 2.90. The molecule has 1 aromatic rings. The van der Waals surface area contributed by atoms with Crippen molar-refractivity contribution >= 4 is 0 Å². The molecule has 0 aliphatic heterocycles. The molecule has 1 aliphatic carbocycles. The van der Waals surface area contributed by atoms with Crippen LogP contribution < -0.4 is 11.3 Å². The Morgan fingerprint density at radius 1 is 1.26 bits per heavy atom. The number of hydrazine groups is 1. The van der Waals surface area contributed by atoms with Crippen LogP contribution in [0.4, 0.5) is 0 Å². The highest BCUT2D eigenvalue weighted by molar-refractivity contribution is 5.35. The normalized spacial score (nSPS) is 17.2. The van der Waals surface area contributed by atoms with Crippen molar-refractivity contribution < 1.29 is 4.74 Å². The topological polar surface area (TPSA) is 47.3 Å². The van der Waals surface area contributed by atoms with Gasteiger partial charge in [0.15, 0.2) is 0 Å². The summed E-state index contributed by atoms with van der Waals surface area (Å²) in [4.78, 5) is 0. The summed E-state index contributed by atoms with van der Waals surface area (Å²) < 4.78 is 5.29. The average molecular weight is 262 g/mol. The van der Waals surface area contributed by atoms with Crippen molar-refractivity contribution in [2.45, 2.75) is 57.6 Å². The van der Waals surface area contributed by atoms with Crippen LogP contribution in [0.15, 0.2) is 18.2 Å². The maximum absolute atomic E-state index is 5.67. The van der Waals surface area contributed by atoms with Gasteiger partial charge in [0.1, 0.15) is 0 Å². The third-order valence-corrected chi connectivity index (χ3v) is 4.20. The van der Waals surface area contributed by atoms with Crippen LogP contribution in [0.5, 0.6) is 0 Å². The summed E-state index contributed by atoms with van der Waals surface area (Å²) in [5.74, 6) is 5.67. The van der Waals surface area contributed by atoms with E-state index in [1.54, 1.807) is 12.7 Å². The van der Waals surface area contributed by atoms with Gasteiger partial charge in [0.05, 0.1) is 6.10 Å². The van der Waals surface area contributed by atoms with E-state index >= 15 is 0 Å². The molecule has 0 spiro atoms. The second-order valence-corrected chi connectivity index (χ2v) is 5.65. The standard InChI is InChI=1S/C16H26N2O/c1-12(19-2)6-9-16(18-17)11-13-7-8-14-4-3-5-15(14)10-13/h7-8,10,12,16,18H,3-6,9,11,17H2,1-2H3. The zero-order valence-electron chi connectivity index (χ0n) is 12.1. The first-order chi connectivity index (χ1) is 9.22. The molecule has 1 aromatic carbocycles. The number of rotatable bonds is 7. The van der Waals surface area contributed by atoms with E-state index in [0.29, 0.717) is 12.1 Å². The molecule has 3 heteroatoms. The number of hydrogen-bond donors (Lipinski definition) is 2. The number of hydrogen-bond acceptors (Lipinski definition) is 3. The van der Waals surface area contributed by atoms with E-state index in [4.69, 9.17) is 10.6 Å². The Labute approximate surface area is 116 Å². The van der Waals surface area contributed by atoms with E-state index in [-0.39, 0.29) is 0 Å². The third-order valence-electron chi connectivity index (χ3n) is 4.20. The second-order valence-electron chi connectivity index (χ2n) is 5.65. The number of benzene rings is 1. The fourth-order valence-electron chi connectivity index (χ4n) is 2.83. The van der Waals surface area contributed by atoms with Crippen LogP contribution in [0.3, 0.4) is 0 Å². The van der Waals surface area contributed by atoms with Crippen LogP contribution >= 0.6 is 0 Å². The van der Waals surface area contributed by atoms with Crippen LogP contribution in [0.2, 0.25) is 0 Å². The summed E-state index contributed by atoms with van der Waals surface area (Å²) in [6, 6.07) is 7.25. The zero-order chi connectivity index (χ0) is 13.7. The Kier molecular flexibility index (Phi) is 5.37. The van der Waals surface area contributed by atoms with Crippen molar-refractivity contribution in [3.05, 3.63) is 34.9 Å². The maximum Gasteiger partial charge on any atom is 0.0543 e. The van der Waals surface area contributed by atoms with Gasteiger partial charge in [-0.3, -0.25) is 11.3 Å². The van der Waals surface area contributed by atoms with E-state index in [0.717, 1.165) is 19.3 Å². The van der Waals surface area contributed by atoms with Gasteiger partial charge in [-0.25, -0.2) is 0 Å². The predicted octanol–water partition coefficient (Wildman–Crippen LogP) is 2.36. The van der Waals surface area contributed by atoms with Crippen LogP contribution in [0.1, 0.15) is 42.9 Å². The molecule has 0 radical (unpaired) electrons. The van der Waals surface area contributed by atoms with Gasteiger partial charge in [0, 0.05) is 13.2 Å². The summed E-state index contributed by atoms with van der Waals surface area (Å²) >= 11 is 0.